The monoisotopic (exact) mass is 367 g/mol. The number of aromatic nitrogens is 5. The molecule has 2 aromatic rings. The van der Waals surface area contributed by atoms with E-state index in [-0.39, 0.29) is 0 Å². The van der Waals surface area contributed by atoms with Crippen LogP contribution in [0.25, 0.3) is 0 Å². The third kappa shape index (κ3) is 3.51. The summed E-state index contributed by atoms with van der Waals surface area (Å²) in [7, 11) is 0. The molecule has 144 valence electrons. The van der Waals surface area contributed by atoms with Gasteiger partial charge in [0.05, 0.1) is 0 Å². The maximum atomic E-state index is 4.58. The second kappa shape index (κ2) is 7.09. The van der Waals surface area contributed by atoms with E-state index in [9.17, 15) is 0 Å². The Morgan fingerprint density at radius 3 is 2.44 bits per heavy atom. The summed E-state index contributed by atoms with van der Waals surface area (Å²) < 4.78 is 2.32. The van der Waals surface area contributed by atoms with E-state index in [4.69, 9.17) is 0 Å². The fourth-order valence-electron chi connectivity index (χ4n) is 4.63. The normalized spacial score (nSPS) is 24.4. The van der Waals surface area contributed by atoms with Gasteiger partial charge in [0.25, 0.3) is 0 Å². The van der Waals surface area contributed by atoms with Crippen molar-refractivity contribution in [3.63, 3.8) is 0 Å². The lowest BCUT2D eigenvalue weighted by Crippen LogP contribution is -2.36. The maximum Gasteiger partial charge on any atom is 0.136 e. The van der Waals surface area contributed by atoms with E-state index in [0.29, 0.717) is 12.0 Å². The standard InChI is InChI=1S/C20H29N7/c1-15-3-2-8-26(12-15)19-11-18(21-13-22-19)25-9-6-16(7-10-25)20-24-23-14-27(20)17-4-5-17/h11,13-17H,2-10,12H2,1H3. The van der Waals surface area contributed by atoms with E-state index in [1.54, 1.807) is 6.33 Å². The molecule has 2 saturated heterocycles. The van der Waals surface area contributed by atoms with Crippen molar-refractivity contribution in [2.75, 3.05) is 36.0 Å². The van der Waals surface area contributed by atoms with Crippen molar-refractivity contribution in [1.82, 2.24) is 24.7 Å². The van der Waals surface area contributed by atoms with Crippen LogP contribution in [0.5, 0.6) is 0 Å². The van der Waals surface area contributed by atoms with Crippen molar-refractivity contribution in [2.24, 2.45) is 5.92 Å². The predicted molar refractivity (Wildman–Crippen MR) is 105 cm³/mol. The zero-order chi connectivity index (χ0) is 18.2. The Balaban J connectivity index is 1.25. The van der Waals surface area contributed by atoms with Crippen LogP contribution in [0.4, 0.5) is 11.6 Å². The first-order valence-electron chi connectivity index (χ1n) is 10.5. The molecular weight excluding hydrogens is 338 g/mol. The van der Waals surface area contributed by atoms with Crippen LogP contribution in [0.15, 0.2) is 18.7 Å². The number of rotatable bonds is 4. The van der Waals surface area contributed by atoms with Gasteiger partial charge < -0.3 is 14.4 Å². The van der Waals surface area contributed by atoms with Crippen LogP contribution >= 0.6 is 0 Å². The highest BCUT2D eigenvalue weighted by atomic mass is 15.3. The Kier molecular flexibility index (Phi) is 4.45. The fraction of sp³-hybridized carbons (Fsp3) is 0.700. The van der Waals surface area contributed by atoms with E-state index in [1.165, 1.54) is 31.5 Å². The van der Waals surface area contributed by atoms with Crippen molar-refractivity contribution in [3.05, 3.63) is 24.5 Å². The predicted octanol–water partition coefficient (Wildman–Crippen LogP) is 3.02. The molecule has 1 saturated carbocycles. The summed E-state index contributed by atoms with van der Waals surface area (Å²) in [6.45, 7) is 6.60. The van der Waals surface area contributed by atoms with Crippen LogP contribution in [0.3, 0.4) is 0 Å². The largest absolute Gasteiger partial charge is 0.356 e. The van der Waals surface area contributed by atoms with E-state index in [1.807, 2.05) is 6.33 Å². The minimum Gasteiger partial charge on any atom is -0.356 e. The molecule has 7 nitrogen and oxygen atoms in total. The second-order valence-corrected chi connectivity index (χ2v) is 8.52. The Labute approximate surface area is 160 Å². The van der Waals surface area contributed by atoms with Crippen LogP contribution in [0.2, 0.25) is 0 Å². The molecule has 0 radical (unpaired) electrons. The first-order valence-corrected chi connectivity index (χ1v) is 10.5. The van der Waals surface area contributed by atoms with Gasteiger partial charge >= 0.3 is 0 Å². The van der Waals surface area contributed by atoms with Gasteiger partial charge in [-0.25, -0.2) is 9.97 Å². The molecule has 7 heteroatoms. The lowest BCUT2D eigenvalue weighted by Gasteiger charge is -2.34. The molecule has 2 aromatic heterocycles. The molecule has 3 fully saturated rings. The molecule has 0 N–H and O–H groups in total. The van der Waals surface area contributed by atoms with Gasteiger partial charge in [-0.05, 0) is 44.4 Å². The molecule has 0 amide bonds. The zero-order valence-corrected chi connectivity index (χ0v) is 16.2. The molecule has 0 bridgehead atoms. The van der Waals surface area contributed by atoms with Crippen molar-refractivity contribution >= 4 is 11.6 Å². The molecule has 0 aromatic carbocycles. The summed E-state index contributed by atoms with van der Waals surface area (Å²) in [5.41, 5.74) is 0. The molecule has 4 heterocycles. The molecule has 0 spiro atoms. The quantitative estimate of drug-likeness (QED) is 0.828. The molecule has 27 heavy (non-hydrogen) atoms. The smallest absolute Gasteiger partial charge is 0.136 e. The molecule has 1 unspecified atom stereocenters. The molecule has 1 aliphatic carbocycles. The Hall–Kier alpha value is -2.18. The number of piperidine rings is 2. The van der Waals surface area contributed by atoms with Crippen LogP contribution in [-0.2, 0) is 0 Å². The van der Waals surface area contributed by atoms with Gasteiger partial charge in [-0.1, -0.05) is 6.92 Å². The summed E-state index contributed by atoms with van der Waals surface area (Å²) in [4.78, 5) is 14.0. The topological polar surface area (TPSA) is 63.0 Å². The molecule has 3 aliphatic rings. The molecule has 2 aliphatic heterocycles. The van der Waals surface area contributed by atoms with Crippen LogP contribution in [0.1, 0.15) is 63.2 Å². The number of hydrogen-bond donors (Lipinski definition) is 0. The average molecular weight is 368 g/mol. The highest BCUT2D eigenvalue weighted by molar-refractivity contribution is 5.50. The van der Waals surface area contributed by atoms with E-state index >= 15 is 0 Å². The third-order valence-electron chi connectivity index (χ3n) is 6.34. The van der Waals surface area contributed by atoms with Crippen LogP contribution < -0.4 is 9.80 Å². The van der Waals surface area contributed by atoms with Gasteiger partial charge in [-0.3, -0.25) is 0 Å². The molecular formula is C20H29N7. The number of hydrogen-bond acceptors (Lipinski definition) is 6. The zero-order valence-electron chi connectivity index (χ0n) is 16.2. The summed E-state index contributed by atoms with van der Waals surface area (Å²) in [5, 5.41) is 8.62. The van der Waals surface area contributed by atoms with E-state index < -0.39 is 0 Å². The fourth-order valence-corrected chi connectivity index (χ4v) is 4.63. The molecule has 5 rings (SSSR count). The first-order chi connectivity index (χ1) is 13.3. The van der Waals surface area contributed by atoms with Crippen molar-refractivity contribution in [3.8, 4) is 0 Å². The maximum absolute atomic E-state index is 4.58. The summed E-state index contributed by atoms with van der Waals surface area (Å²) in [6, 6.07) is 2.84. The lowest BCUT2D eigenvalue weighted by molar-refractivity contribution is 0.444. The highest BCUT2D eigenvalue weighted by Crippen LogP contribution is 2.38. The van der Waals surface area contributed by atoms with Gasteiger partial charge in [0.2, 0.25) is 0 Å². The van der Waals surface area contributed by atoms with Gasteiger partial charge in [-0.15, -0.1) is 10.2 Å². The van der Waals surface area contributed by atoms with Crippen LogP contribution in [0, 0.1) is 5.92 Å². The second-order valence-electron chi connectivity index (χ2n) is 8.52. The van der Waals surface area contributed by atoms with Crippen molar-refractivity contribution in [1.29, 1.82) is 0 Å². The van der Waals surface area contributed by atoms with Gasteiger partial charge in [0, 0.05) is 44.2 Å². The minimum atomic E-state index is 0.522. The van der Waals surface area contributed by atoms with Gasteiger partial charge in [0.15, 0.2) is 0 Å². The summed E-state index contributed by atoms with van der Waals surface area (Å²) in [5.74, 6) is 4.62. The number of nitrogens with zero attached hydrogens (tertiary/aromatic N) is 7. The highest BCUT2D eigenvalue weighted by Gasteiger charge is 2.31. The van der Waals surface area contributed by atoms with Gasteiger partial charge in [0.1, 0.15) is 30.1 Å². The summed E-state index contributed by atoms with van der Waals surface area (Å²) in [6.07, 6.45) is 11.0. The third-order valence-corrected chi connectivity index (χ3v) is 6.34. The van der Waals surface area contributed by atoms with Crippen LogP contribution in [-0.4, -0.2) is 50.9 Å². The lowest BCUT2D eigenvalue weighted by atomic mass is 9.96. The van der Waals surface area contributed by atoms with Crippen molar-refractivity contribution < 1.29 is 0 Å². The Morgan fingerprint density at radius 2 is 1.70 bits per heavy atom. The number of anilines is 2. The average Bonchev–Trinajstić information content (AvgIpc) is 3.45. The Morgan fingerprint density at radius 1 is 0.926 bits per heavy atom. The van der Waals surface area contributed by atoms with Crippen molar-refractivity contribution in [2.45, 2.75) is 57.4 Å². The van der Waals surface area contributed by atoms with E-state index in [2.05, 4.69) is 47.5 Å². The first kappa shape index (κ1) is 17.0. The van der Waals surface area contributed by atoms with Gasteiger partial charge in [-0.2, -0.15) is 0 Å². The van der Waals surface area contributed by atoms with E-state index in [0.717, 1.165) is 56.6 Å². The Bertz CT molecular complexity index is 776. The SMILES string of the molecule is CC1CCCN(c2cc(N3CCC(c4nncn4C4CC4)CC3)ncn2)C1. The summed E-state index contributed by atoms with van der Waals surface area (Å²) >= 11 is 0. The minimum absolute atomic E-state index is 0.522. The molecule has 1 atom stereocenters.